The lowest BCUT2D eigenvalue weighted by atomic mass is 9.89. The Hall–Kier alpha value is -1.81. The topological polar surface area (TPSA) is 56.3 Å². The number of aryl methyl sites for hydroxylation is 1. The van der Waals surface area contributed by atoms with Crippen LogP contribution < -0.4 is 0 Å². The van der Waals surface area contributed by atoms with Gasteiger partial charge in [-0.2, -0.15) is 0 Å². The van der Waals surface area contributed by atoms with Gasteiger partial charge in [-0.25, -0.2) is 0 Å². The number of likely N-dealkylation sites (tertiary alicyclic amines) is 1. The molecule has 0 unspecified atom stereocenters. The van der Waals surface area contributed by atoms with Crippen molar-refractivity contribution in [2.24, 2.45) is 11.8 Å². The number of carboxylic acid groups (broad SMARTS) is 1. The molecule has 0 aliphatic carbocycles. The Morgan fingerprint density at radius 3 is 2.55 bits per heavy atom. The molecule has 0 radical (unpaired) electrons. The lowest BCUT2D eigenvalue weighted by Gasteiger charge is -2.38. The van der Waals surface area contributed by atoms with Crippen LogP contribution in [0.25, 0.3) is 10.9 Å². The maximum atomic E-state index is 12.1. The highest BCUT2D eigenvalue weighted by Crippen LogP contribution is 2.35. The van der Waals surface area contributed by atoms with Crippen LogP contribution in [-0.4, -0.2) is 34.0 Å². The number of rotatable bonds is 3. The molecular formula is C18H24N2O2. The van der Waals surface area contributed by atoms with Gasteiger partial charge in [0.25, 0.3) is 0 Å². The van der Waals surface area contributed by atoms with E-state index in [1.165, 1.54) is 6.42 Å². The molecule has 1 aliphatic rings. The number of benzene rings is 1. The van der Waals surface area contributed by atoms with Gasteiger partial charge in [0.05, 0.1) is 0 Å². The zero-order valence-corrected chi connectivity index (χ0v) is 13.5. The zero-order valence-electron chi connectivity index (χ0n) is 13.5. The molecule has 4 heteroatoms. The Morgan fingerprint density at radius 1 is 1.27 bits per heavy atom. The lowest BCUT2D eigenvalue weighted by Crippen LogP contribution is -2.43. The normalized spacial score (nSPS) is 24.5. The van der Waals surface area contributed by atoms with Gasteiger partial charge < -0.3 is 10.1 Å². The summed E-state index contributed by atoms with van der Waals surface area (Å²) in [5, 5.41) is 10.9. The summed E-state index contributed by atoms with van der Waals surface area (Å²) in [6.07, 6.45) is 1.18. The number of piperidine rings is 1. The first-order chi connectivity index (χ1) is 10.5. The summed E-state index contributed by atoms with van der Waals surface area (Å²) in [4.78, 5) is 17.5. The first kappa shape index (κ1) is 15.1. The molecule has 0 spiro atoms. The van der Waals surface area contributed by atoms with Gasteiger partial charge in [-0.3, -0.25) is 9.69 Å². The molecule has 0 saturated carbocycles. The van der Waals surface area contributed by atoms with Crippen LogP contribution in [0.3, 0.4) is 0 Å². The van der Waals surface area contributed by atoms with Crippen molar-refractivity contribution in [3.05, 3.63) is 35.5 Å². The predicted octanol–water partition coefficient (Wildman–Crippen LogP) is 3.58. The fraction of sp³-hybridized carbons (Fsp3) is 0.500. The molecule has 3 atom stereocenters. The highest BCUT2D eigenvalue weighted by Gasteiger charge is 2.35. The predicted molar refractivity (Wildman–Crippen MR) is 87.9 cm³/mol. The molecular weight excluding hydrogens is 276 g/mol. The number of aromatic nitrogens is 1. The van der Waals surface area contributed by atoms with Gasteiger partial charge in [0.15, 0.2) is 0 Å². The van der Waals surface area contributed by atoms with Crippen LogP contribution in [0.5, 0.6) is 0 Å². The molecule has 2 aromatic rings. The van der Waals surface area contributed by atoms with Crippen LogP contribution in [0.2, 0.25) is 0 Å². The fourth-order valence-corrected chi connectivity index (χ4v) is 4.03. The van der Waals surface area contributed by atoms with E-state index in [-0.39, 0.29) is 0 Å². The molecule has 2 N–H and O–H groups in total. The van der Waals surface area contributed by atoms with Gasteiger partial charge >= 0.3 is 5.97 Å². The Balaban J connectivity index is 2.07. The number of nitrogens with one attached hydrogen (secondary N) is 1. The van der Waals surface area contributed by atoms with Crippen molar-refractivity contribution in [3.63, 3.8) is 0 Å². The molecule has 3 rings (SSSR count). The van der Waals surface area contributed by atoms with Gasteiger partial charge in [0, 0.05) is 35.2 Å². The third-order valence-corrected chi connectivity index (χ3v) is 4.71. The molecule has 0 bridgehead atoms. The summed E-state index contributed by atoms with van der Waals surface area (Å²) in [6, 6.07) is 7.40. The van der Waals surface area contributed by atoms with E-state index >= 15 is 0 Å². The van der Waals surface area contributed by atoms with E-state index in [1.54, 1.807) is 0 Å². The molecule has 1 fully saturated rings. The molecule has 0 amide bonds. The second-order valence-corrected chi connectivity index (χ2v) is 6.85. The number of aromatic amines is 1. The largest absolute Gasteiger partial charge is 0.480 e. The average molecular weight is 300 g/mol. The quantitative estimate of drug-likeness (QED) is 0.911. The van der Waals surface area contributed by atoms with E-state index in [0.717, 1.165) is 35.2 Å². The number of hydrogen-bond donors (Lipinski definition) is 2. The minimum Gasteiger partial charge on any atom is -0.480 e. The second kappa shape index (κ2) is 5.76. The van der Waals surface area contributed by atoms with Crippen LogP contribution in [0.4, 0.5) is 0 Å². The van der Waals surface area contributed by atoms with Gasteiger partial charge in [-0.05, 0) is 31.2 Å². The van der Waals surface area contributed by atoms with E-state index in [1.807, 2.05) is 31.2 Å². The minimum absolute atomic E-state index is 0.538. The van der Waals surface area contributed by atoms with E-state index in [2.05, 4.69) is 23.7 Å². The number of carboxylic acids is 1. The highest BCUT2D eigenvalue weighted by molar-refractivity contribution is 5.90. The molecule has 22 heavy (non-hydrogen) atoms. The monoisotopic (exact) mass is 300 g/mol. The summed E-state index contributed by atoms with van der Waals surface area (Å²) in [5.41, 5.74) is 2.89. The Labute approximate surface area is 131 Å². The molecule has 2 heterocycles. The first-order valence-corrected chi connectivity index (χ1v) is 8.01. The SMILES string of the molecule is Cc1[nH]c2ccccc2c1[C@H](C(=O)O)N1C[C@H](C)C[C@@H](C)C1. The molecule has 1 aromatic heterocycles. The summed E-state index contributed by atoms with van der Waals surface area (Å²) in [7, 11) is 0. The number of fused-ring (bicyclic) bond motifs is 1. The number of para-hydroxylation sites is 1. The van der Waals surface area contributed by atoms with Crippen molar-refractivity contribution in [2.45, 2.75) is 33.2 Å². The van der Waals surface area contributed by atoms with Crippen LogP contribution in [0.1, 0.15) is 37.6 Å². The zero-order chi connectivity index (χ0) is 15.9. The molecule has 1 aliphatic heterocycles. The first-order valence-electron chi connectivity index (χ1n) is 8.01. The van der Waals surface area contributed by atoms with Gasteiger partial charge in [-0.1, -0.05) is 32.0 Å². The molecule has 4 nitrogen and oxygen atoms in total. The number of aliphatic carboxylic acids is 1. The summed E-state index contributed by atoms with van der Waals surface area (Å²) in [5.74, 6) is 0.321. The third kappa shape index (κ3) is 2.63. The summed E-state index contributed by atoms with van der Waals surface area (Å²) in [6.45, 7) is 8.09. The van der Waals surface area contributed by atoms with E-state index in [0.29, 0.717) is 11.8 Å². The van der Waals surface area contributed by atoms with Crippen molar-refractivity contribution in [1.82, 2.24) is 9.88 Å². The van der Waals surface area contributed by atoms with Gasteiger partial charge in [0.2, 0.25) is 0 Å². The smallest absolute Gasteiger partial charge is 0.325 e. The van der Waals surface area contributed by atoms with Crippen molar-refractivity contribution in [1.29, 1.82) is 0 Å². The Bertz CT molecular complexity index is 681. The Kier molecular flexibility index (Phi) is 3.96. The lowest BCUT2D eigenvalue weighted by molar-refractivity contribution is -0.144. The number of H-pyrrole nitrogens is 1. The number of carbonyl (C=O) groups is 1. The molecule has 1 aromatic carbocycles. The number of hydrogen-bond acceptors (Lipinski definition) is 2. The second-order valence-electron chi connectivity index (χ2n) is 6.85. The molecule has 1 saturated heterocycles. The van der Waals surface area contributed by atoms with Crippen LogP contribution in [0.15, 0.2) is 24.3 Å². The maximum absolute atomic E-state index is 12.1. The van der Waals surface area contributed by atoms with Crippen molar-refractivity contribution in [2.75, 3.05) is 13.1 Å². The Morgan fingerprint density at radius 2 is 1.91 bits per heavy atom. The van der Waals surface area contributed by atoms with Crippen molar-refractivity contribution >= 4 is 16.9 Å². The summed E-state index contributed by atoms with van der Waals surface area (Å²) >= 11 is 0. The van der Waals surface area contributed by atoms with Gasteiger partial charge in [0.1, 0.15) is 6.04 Å². The van der Waals surface area contributed by atoms with Crippen LogP contribution >= 0.6 is 0 Å². The number of nitrogens with zero attached hydrogens (tertiary/aromatic N) is 1. The van der Waals surface area contributed by atoms with E-state index < -0.39 is 12.0 Å². The maximum Gasteiger partial charge on any atom is 0.325 e. The summed E-state index contributed by atoms with van der Waals surface area (Å²) < 4.78 is 0. The van der Waals surface area contributed by atoms with Crippen LogP contribution in [0, 0.1) is 18.8 Å². The van der Waals surface area contributed by atoms with E-state index in [4.69, 9.17) is 0 Å². The minimum atomic E-state index is -0.755. The van der Waals surface area contributed by atoms with E-state index in [9.17, 15) is 9.90 Å². The van der Waals surface area contributed by atoms with Crippen molar-refractivity contribution in [3.8, 4) is 0 Å². The fourth-order valence-electron chi connectivity index (χ4n) is 4.03. The molecule has 118 valence electrons. The highest BCUT2D eigenvalue weighted by atomic mass is 16.4. The van der Waals surface area contributed by atoms with Crippen molar-refractivity contribution < 1.29 is 9.90 Å². The van der Waals surface area contributed by atoms with Gasteiger partial charge in [-0.15, -0.1) is 0 Å². The standard InChI is InChI=1S/C18H24N2O2/c1-11-8-12(2)10-20(9-11)17(18(21)22)16-13(3)19-15-7-5-4-6-14(15)16/h4-7,11-12,17,19H,8-10H2,1-3H3,(H,21,22)/t11-,12-,17-/m1/s1. The van der Waals surface area contributed by atoms with Crippen LogP contribution in [-0.2, 0) is 4.79 Å². The average Bonchev–Trinajstić information content (AvgIpc) is 2.74. The third-order valence-electron chi connectivity index (χ3n) is 4.71.